The van der Waals surface area contributed by atoms with Gasteiger partial charge in [0.2, 0.25) is 11.8 Å². The van der Waals surface area contributed by atoms with E-state index >= 15 is 0 Å². The lowest BCUT2D eigenvalue weighted by molar-refractivity contribution is -0.115. The number of thiophene rings is 2. The average Bonchev–Trinajstić information content (AvgIpc) is 3.96. The van der Waals surface area contributed by atoms with Gasteiger partial charge in [-0.2, -0.15) is 0 Å². The largest absolute Gasteiger partial charge is 0.444 e. The van der Waals surface area contributed by atoms with Crippen LogP contribution in [0.3, 0.4) is 0 Å². The molecule has 0 fully saturated rings. The number of carbonyl (C=O) groups is 3. The van der Waals surface area contributed by atoms with E-state index in [1.54, 1.807) is 45.8 Å². The van der Waals surface area contributed by atoms with Crippen LogP contribution in [0.25, 0.3) is 43.7 Å². The molecule has 10 nitrogen and oxygen atoms in total. The van der Waals surface area contributed by atoms with Crippen LogP contribution in [0.1, 0.15) is 55.5 Å². The van der Waals surface area contributed by atoms with E-state index in [-0.39, 0.29) is 17.9 Å². The highest BCUT2D eigenvalue weighted by molar-refractivity contribution is 7.19. The van der Waals surface area contributed by atoms with Gasteiger partial charge in [-0.15, -0.1) is 45.3 Å². The zero-order valence-electron chi connectivity index (χ0n) is 31.3. The highest BCUT2D eigenvalue weighted by Gasteiger charge is 2.31. The van der Waals surface area contributed by atoms with E-state index in [1.807, 2.05) is 74.7 Å². The van der Waals surface area contributed by atoms with Crippen LogP contribution in [-0.4, -0.2) is 51.5 Å². The fraction of sp³-hybridized carbons (Fsp3) is 0.293. The quantitative estimate of drug-likeness (QED) is 0.153. The summed E-state index contributed by atoms with van der Waals surface area (Å²) in [5, 5.41) is 17.1. The monoisotopic (exact) mass is 810 g/mol. The summed E-state index contributed by atoms with van der Waals surface area (Å²) in [4.78, 5) is 49.8. The number of hydrogen-bond acceptors (Lipinski definition) is 11. The van der Waals surface area contributed by atoms with Crippen molar-refractivity contribution >= 4 is 73.3 Å². The third-order valence-electron chi connectivity index (χ3n) is 8.79. The Hall–Kier alpha value is -4.73. The second-order valence-corrected chi connectivity index (χ2v) is 18.1. The molecule has 55 heavy (non-hydrogen) atoms. The molecule has 14 heteroatoms. The number of aromatic nitrogens is 2. The Kier molecular flexibility index (Phi) is 11.6. The molecule has 2 aliphatic rings. The molecular formula is C41H42N6O4S4. The van der Waals surface area contributed by atoms with E-state index in [0.717, 1.165) is 83.6 Å². The van der Waals surface area contributed by atoms with Gasteiger partial charge in [0.25, 0.3) is 0 Å². The first-order chi connectivity index (χ1) is 26.4. The van der Waals surface area contributed by atoms with Gasteiger partial charge in [0, 0.05) is 69.7 Å². The highest BCUT2D eigenvalue weighted by Crippen LogP contribution is 2.46. The van der Waals surface area contributed by atoms with Gasteiger partial charge in [0.1, 0.15) is 25.6 Å². The molecule has 0 saturated carbocycles. The van der Waals surface area contributed by atoms with Crippen molar-refractivity contribution in [1.29, 1.82) is 0 Å². The van der Waals surface area contributed by atoms with Crippen LogP contribution < -0.4 is 16.0 Å². The van der Waals surface area contributed by atoms with Crippen molar-refractivity contribution < 1.29 is 19.1 Å². The molecule has 2 aromatic carbocycles. The molecular weight excluding hydrogens is 769 g/mol. The summed E-state index contributed by atoms with van der Waals surface area (Å²) < 4.78 is 5.54. The molecule has 0 bridgehead atoms. The lowest BCUT2D eigenvalue weighted by Gasteiger charge is -2.30. The fourth-order valence-electron chi connectivity index (χ4n) is 6.43. The van der Waals surface area contributed by atoms with Gasteiger partial charge < -0.3 is 25.6 Å². The normalized spacial score (nSPS) is 13.6. The van der Waals surface area contributed by atoms with Crippen LogP contribution in [0, 0.1) is 0 Å². The van der Waals surface area contributed by atoms with Crippen LogP contribution >= 0.6 is 45.3 Å². The number of fused-ring (bicyclic) bond motifs is 2. The highest BCUT2D eigenvalue weighted by atomic mass is 32.1. The molecule has 284 valence electrons. The van der Waals surface area contributed by atoms with E-state index in [2.05, 4.69) is 33.5 Å². The first-order valence-corrected chi connectivity index (χ1v) is 21.4. The van der Waals surface area contributed by atoms with Gasteiger partial charge >= 0.3 is 6.09 Å². The minimum absolute atomic E-state index is 0.0392. The Balaban J connectivity index is 0.000000174. The van der Waals surface area contributed by atoms with Crippen molar-refractivity contribution in [2.24, 2.45) is 0 Å². The Labute approximate surface area is 336 Å². The number of carbonyl (C=O) groups excluding carboxylic acids is 3. The van der Waals surface area contributed by atoms with Crippen molar-refractivity contribution in [2.45, 2.75) is 66.2 Å². The van der Waals surface area contributed by atoms with Crippen molar-refractivity contribution in [3.63, 3.8) is 0 Å². The number of thiazole rings is 2. The van der Waals surface area contributed by atoms with Crippen LogP contribution in [0.2, 0.25) is 0 Å². The summed E-state index contributed by atoms with van der Waals surface area (Å²) in [6.45, 7) is 11.5. The Morgan fingerprint density at radius 3 is 1.76 bits per heavy atom. The SMILES string of the molecule is CC(=O)Nc1sc2c(c1-c1nc(-c3ccccc3)cs1)CCN(C(=O)OC(C)(C)C)C2.CC(=O)Nc1sc2c(c1-c1nc(-c3ccccc3)cs1)CCNC2. The number of hydrogen-bond donors (Lipinski definition) is 3. The molecule has 6 heterocycles. The molecule has 0 unspecified atom stereocenters. The average molecular weight is 811 g/mol. The molecule has 0 spiro atoms. The van der Waals surface area contributed by atoms with E-state index in [0.29, 0.717) is 19.5 Å². The van der Waals surface area contributed by atoms with Crippen LogP contribution in [0.4, 0.5) is 14.8 Å². The third-order valence-corrected chi connectivity index (χ3v) is 12.8. The molecule has 2 aliphatic heterocycles. The lowest BCUT2D eigenvalue weighted by Crippen LogP contribution is -2.39. The van der Waals surface area contributed by atoms with Gasteiger partial charge in [-0.05, 0) is 51.3 Å². The van der Waals surface area contributed by atoms with E-state index < -0.39 is 5.60 Å². The summed E-state index contributed by atoms with van der Waals surface area (Å²) in [5.74, 6) is -0.161. The van der Waals surface area contributed by atoms with Gasteiger partial charge in [-0.3, -0.25) is 9.59 Å². The lowest BCUT2D eigenvalue weighted by atomic mass is 10.0. The molecule has 8 rings (SSSR count). The van der Waals surface area contributed by atoms with Gasteiger partial charge in [-0.25, -0.2) is 14.8 Å². The van der Waals surface area contributed by atoms with Gasteiger partial charge in [0.05, 0.1) is 17.9 Å². The molecule has 0 saturated heterocycles. The predicted octanol–water partition coefficient (Wildman–Crippen LogP) is 9.93. The van der Waals surface area contributed by atoms with Crippen molar-refractivity contribution in [3.05, 3.63) is 92.3 Å². The summed E-state index contributed by atoms with van der Waals surface area (Å²) in [7, 11) is 0. The van der Waals surface area contributed by atoms with Crippen LogP contribution in [0.15, 0.2) is 71.4 Å². The number of amides is 3. The van der Waals surface area contributed by atoms with Crippen molar-refractivity contribution in [1.82, 2.24) is 20.2 Å². The second-order valence-electron chi connectivity index (χ2n) is 14.2. The van der Waals surface area contributed by atoms with Crippen molar-refractivity contribution in [2.75, 3.05) is 23.7 Å². The van der Waals surface area contributed by atoms with Crippen LogP contribution in [-0.2, 0) is 40.3 Å². The Morgan fingerprint density at radius 2 is 1.25 bits per heavy atom. The maximum Gasteiger partial charge on any atom is 0.410 e. The summed E-state index contributed by atoms with van der Waals surface area (Å²) in [6, 6.07) is 20.2. The molecule has 0 radical (unpaired) electrons. The number of rotatable bonds is 6. The predicted molar refractivity (Wildman–Crippen MR) is 226 cm³/mol. The third kappa shape index (κ3) is 9.05. The number of benzene rings is 2. The molecule has 0 atom stereocenters. The number of ether oxygens (including phenoxy) is 1. The van der Waals surface area contributed by atoms with Crippen molar-refractivity contribution in [3.8, 4) is 43.7 Å². The minimum atomic E-state index is -0.534. The number of nitrogens with one attached hydrogen (secondary N) is 3. The molecule has 6 aromatic rings. The molecule has 4 aromatic heterocycles. The molecule has 3 N–H and O–H groups in total. The summed E-state index contributed by atoms with van der Waals surface area (Å²) >= 11 is 6.39. The zero-order chi connectivity index (χ0) is 38.7. The number of anilines is 2. The first-order valence-electron chi connectivity index (χ1n) is 18.0. The van der Waals surface area contributed by atoms with Gasteiger partial charge in [-0.1, -0.05) is 60.7 Å². The number of nitrogens with zero attached hydrogens (tertiary/aromatic N) is 3. The Bertz CT molecular complexity index is 2320. The van der Waals surface area contributed by atoms with E-state index in [1.165, 1.54) is 28.7 Å². The maximum absolute atomic E-state index is 12.6. The smallest absolute Gasteiger partial charge is 0.410 e. The summed E-state index contributed by atoms with van der Waals surface area (Å²) in [6.07, 6.45) is 1.36. The maximum atomic E-state index is 12.6. The Morgan fingerprint density at radius 1 is 0.745 bits per heavy atom. The summed E-state index contributed by atoms with van der Waals surface area (Å²) in [5.41, 5.74) is 8.12. The fourth-order valence-corrected chi connectivity index (χ4v) is 10.9. The van der Waals surface area contributed by atoms with E-state index in [9.17, 15) is 14.4 Å². The standard InChI is InChI=1S/C23H25N3O3S2.C18H17N3OS2/c1-14(27)24-21-19(20-25-17(13-30-20)15-8-6-5-7-9-15)16-10-11-26(12-18(16)31-21)22(28)29-23(2,3)4;1-11(22)20-18-16(13-7-8-19-9-15(13)24-18)17-21-14(10-23-17)12-5-3-2-4-6-12/h5-9,13H,10-12H2,1-4H3,(H,24,27);2-6,10,19H,7-9H2,1H3,(H,20,22). The molecule has 3 amide bonds. The van der Waals surface area contributed by atoms with Gasteiger partial charge in [0.15, 0.2) is 0 Å². The molecule has 0 aliphatic carbocycles. The van der Waals surface area contributed by atoms with Crippen LogP contribution in [0.5, 0.6) is 0 Å². The van der Waals surface area contributed by atoms with E-state index in [4.69, 9.17) is 14.7 Å². The topological polar surface area (TPSA) is 126 Å². The second kappa shape index (κ2) is 16.6. The zero-order valence-corrected chi connectivity index (χ0v) is 34.5. The minimum Gasteiger partial charge on any atom is -0.444 e. The first kappa shape index (κ1) is 38.5.